The number of carbonyl (C=O) groups excluding carboxylic acids is 5. The molecule has 1 heterocycles. The lowest BCUT2D eigenvalue weighted by atomic mass is 10.1. The van der Waals surface area contributed by atoms with Crippen LogP contribution in [0, 0.1) is 0 Å². The second-order valence-corrected chi connectivity index (χ2v) is 9.84. The number of rotatable bonds is 9. The van der Waals surface area contributed by atoms with Crippen LogP contribution in [0.4, 0.5) is 4.79 Å². The van der Waals surface area contributed by atoms with E-state index >= 15 is 0 Å². The topological polar surface area (TPSA) is 120 Å². The first-order chi connectivity index (χ1) is 16.2. The maximum Gasteiger partial charge on any atom is 0.410 e. The Morgan fingerprint density at radius 2 is 1.40 bits per heavy atom. The van der Waals surface area contributed by atoms with Crippen molar-refractivity contribution >= 4 is 45.5 Å². The number of piperazine rings is 1. The van der Waals surface area contributed by atoms with Gasteiger partial charge in [0.2, 0.25) is 0 Å². The van der Waals surface area contributed by atoms with Crippen molar-refractivity contribution in [2.45, 2.75) is 90.7 Å². The SMILES string of the molecule is CCOC(=O)C(Br)C(=O)CC.CCOC(=O)C(C(=O)CC)N1CCN(C(=O)OC(C)(C)C)[C@H](C)C1. The molecule has 1 aliphatic heterocycles. The van der Waals surface area contributed by atoms with Crippen molar-refractivity contribution in [2.24, 2.45) is 0 Å². The number of amides is 1. The zero-order valence-electron chi connectivity index (χ0n) is 22.2. The van der Waals surface area contributed by atoms with Gasteiger partial charge in [0.15, 0.2) is 22.4 Å². The third kappa shape index (κ3) is 11.5. The summed E-state index contributed by atoms with van der Waals surface area (Å²) < 4.78 is 15.1. The van der Waals surface area contributed by atoms with Crippen molar-refractivity contribution < 1.29 is 38.2 Å². The zero-order chi connectivity index (χ0) is 27.3. The highest BCUT2D eigenvalue weighted by Crippen LogP contribution is 2.18. The molecule has 0 saturated carbocycles. The highest BCUT2D eigenvalue weighted by Gasteiger charge is 2.39. The van der Waals surface area contributed by atoms with Gasteiger partial charge in [-0.2, -0.15) is 0 Å². The Morgan fingerprint density at radius 1 is 0.886 bits per heavy atom. The summed E-state index contributed by atoms with van der Waals surface area (Å²) in [4.78, 5) is 61.0. The van der Waals surface area contributed by atoms with Crippen LogP contribution in [0.2, 0.25) is 0 Å². The number of halogens is 1. The van der Waals surface area contributed by atoms with Gasteiger partial charge in [0, 0.05) is 38.5 Å². The zero-order valence-corrected chi connectivity index (χ0v) is 23.8. The Kier molecular flexibility index (Phi) is 15.0. The summed E-state index contributed by atoms with van der Waals surface area (Å²) >= 11 is 2.95. The van der Waals surface area contributed by atoms with Crippen molar-refractivity contribution in [3.8, 4) is 0 Å². The Labute approximate surface area is 217 Å². The molecule has 0 aromatic rings. The van der Waals surface area contributed by atoms with E-state index < -0.39 is 28.4 Å². The lowest BCUT2D eigenvalue weighted by Gasteiger charge is -2.42. The van der Waals surface area contributed by atoms with Crippen LogP contribution in [-0.4, -0.2) is 94.8 Å². The Bertz CT molecular complexity index is 738. The lowest BCUT2D eigenvalue weighted by Crippen LogP contribution is -2.60. The number of hydrogen-bond acceptors (Lipinski definition) is 9. The highest BCUT2D eigenvalue weighted by atomic mass is 79.9. The number of nitrogens with zero attached hydrogens (tertiary/aromatic N) is 2. The Balaban J connectivity index is 0.000000883. The van der Waals surface area contributed by atoms with E-state index in [1.165, 1.54) is 0 Å². The number of ketones is 2. The molecule has 1 rings (SSSR count). The molecule has 0 spiro atoms. The van der Waals surface area contributed by atoms with E-state index in [4.69, 9.17) is 9.47 Å². The molecule has 0 N–H and O–H groups in total. The van der Waals surface area contributed by atoms with Crippen molar-refractivity contribution in [3.63, 3.8) is 0 Å². The van der Waals surface area contributed by atoms with E-state index in [0.29, 0.717) is 32.7 Å². The predicted molar refractivity (Wildman–Crippen MR) is 134 cm³/mol. The fourth-order valence-corrected chi connectivity index (χ4v) is 3.69. The van der Waals surface area contributed by atoms with E-state index in [0.717, 1.165) is 0 Å². The van der Waals surface area contributed by atoms with Crippen LogP contribution in [0.15, 0.2) is 0 Å². The molecule has 11 heteroatoms. The monoisotopic (exact) mass is 564 g/mol. The number of ether oxygens (including phenoxy) is 3. The van der Waals surface area contributed by atoms with E-state index in [1.54, 1.807) is 37.5 Å². The summed E-state index contributed by atoms with van der Waals surface area (Å²) in [6.07, 6.45) is 0.239. The molecule has 0 bridgehead atoms. The van der Waals surface area contributed by atoms with Crippen molar-refractivity contribution in [1.82, 2.24) is 9.80 Å². The van der Waals surface area contributed by atoms with Crippen molar-refractivity contribution in [1.29, 1.82) is 0 Å². The van der Waals surface area contributed by atoms with Crippen molar-refractivity contribution in [3.05, 3.63) is 0 Å². The molecular formula is C24H41BrN2O8. The molecule has 1 saturated heterocycles. The minimum absolute atomic E-state index is 0.150. The van der Waals surface area contributed by atoms with Crippen LogP contribution in [-0.2, 0) is 33.4 Å². The first kappa shape index (κ1) is 33.0. The van der Waals surface area contributed by atoms with Crippen LogP contribution in [0.25, 0.3) is 0 Å². The van der Waals surface area contributed by atoms with Crippen LogP contribution in [0.1, 0.15) is 68.2 Å². The van der Waals surface area contributed by atoms with Gasteiger partial charge in [-0.3, -0.25) is 19.3 Å². The van der Waals surface area contributed by atoms with E-state index in [-0.39, 0.29) is 36.7 Å². The number of hydrogen-bond donors (Lipinski definition) is 0. The smallest absolute Gasteiger partial charge is 0.410 e. The first-order valence-electron chi connectivity index (χ1n) is 12.0. The van der Waals surface area contributed by atoms with Crippen LogP contribution < -0.4 is 0 Å². The van der Waals surface area contributed by atoms with E-state index in [1.807, 2.05) is 27.7 Å². The van der Waals surface area contributed by atoms with Gasteiger partial charge in [0.1, 0.15) is 5.60 Å². The van der Waals surface area contributed by atoms with Gasteiger partial charge in [0.05, 0.1) is 13.2 Å². The standard InChI is InChI=1S/C17H30N2O5.C7H11BrO3/c1-7-13(20)14(15(21)23-8-2)18-9-10-19(12(3)11-18)16(22)24-17(4,5)6;1-3-5(9)6(8)7(10)11-4-2/h12,14H,7-11H2,1-6H3;6H,3-4H2,1-2H3/t12-,14?;/m1./s1. The van der Waals surface area contributed by atoms with Gasteiger partial charge in [0.25, 0.3) is 0 Å². The number of alkyl halides is 1. The van der Waals surface area contributed by atoms with Gasteiger partial charge >= 0.3 is 18.0 Å². The van der Waals surface area contributed by atoms with Crippen LogP contribution >= 0.6 is 15.9 Å². The van der Waals surface area contributed by atoms with E-state index in [2.05, 4.69) is 20.7 Å². The summed E-state index contributed by atoms with van der Waals surface area (Å²) in [5.41, 5.74) is -0.556. The second kappa shape index (κ2) is 15.9. The molecule has 1 aliphatic rings. The minimum atomic E-state index is -0.891. The largest absolute Gasteiger partial charge is 0.465 e. The number of esters is 2. The molecule has 0 aromatic heterocycles. The average molecular weight is 566 g/mol. The minimum Gasteiger partial charge on any atom is -0.465 e. The van der Waals surface area contributed by atoms with E-state index in [9.17, 15) is 24.0 Å². The van der Waals surface area contributed by atoms with Gasteiger partial charge in [-0.25, -0.2) is 9.59 Å². The third-order valence-electron chi connectivity index (χ3n) is 4.94. The van der Waals surface area contributed by atoms with Crippen LogP contribution in [0.5, 0.6) is 0 Å². The third-order valence-corrected chi connectivity index (χ3v) is 5.82. The van der Waals surface area contributed by atoms with Crippen LogP contribution in [0.3, 0.4) is 0 Å². The maximum atomic E-state index is 12.3. The second-order valence-electron chi connectivity index (χ2n) is 8.93. The molecular weight excluding hydrogens is 524 g/mol. The molecule has 1 fully saturated rings. The Morgan fingerprint density at radius 3 is 1.83 bits per heavy atom. The number of carbonyl (C=O) groups is 5. The molecule has 1 amide bonds. The lowest BCUT2D eigenvalue weighted by molar-refractivity contribution is -0.154. The predicted octanol–water partition coefficient (Wildman–Crippen LogP) is 3.13. The summed E-state index contributed by atoms with van der Waals surface area (Å²) in [5, 5.41) is 0. The molecule has 10 nitrogen and oxygen atoms in total. The summed E-state index contributed by atoms with van der Waals surface area (Å²) in [5.74, 6) is -1.32. The molecule has 202 valence electrons. The normalized spacial score (nSPS) is 17.9. The fraction of sp³-hybridized carbons (Fsp3) is 0.792. The summed E-state index contributed by atoms with van der Waals surface area (Å²) in [6, 6.07) is -1.05. The summed E-state index contributed by atoms with van der Waals surface area (Å²) in [6.45, 7) is 16.0. The first-order valence-corrected chi connectivity index (χ1v) is 12.9. The molecule has 0 radical (unpaired) electrons. The summed E-state index contributed by atoms with van der Waals surface area (Å²) in [7, 11) is 0. The molecule has 0 aromatic carbocycles. The quantitative estimate of drug-likeness (QED) is 0.180. The van der Waals surface area contributed by atoms with Gasteiger partial charge in [-0.1, -0.05) is 29.8 Å². The molecule has 35 heavy (non-hydrogen) atoms. The van der Waals surface area contributed by atoms with Gasteiger partial charge in [-0.05, 0) is 41.5 Å². The molecule has 0 aliphatic carbocycles. The van der Waals surface area contributed by atoms with Gasteiger partial charge < -0.3 is 19.1 Å². The number of Topliss-reactive ketones (excluding diaryl/α,β-unsaturated/α-hetero) is 2. The van der Waals surface area contributed by atoms with Crippen molar-refractivity contribution in [2.75, 3.05) is 32.8 Å². The molecule has 3 atom stereocenters. The average Bonchev–Trinajstić information content (AvgIpc) is 2.77. The highest BCUT2D eigenvalue weighted by molar-refractivity contribution is 9.10. The van der Waals surface area contributed by atoms with Gasteiger partial charge in [-0.15, -0.1) is 0 Å². The maximum absolute atomic E-state index is 12.3. The fourth-order valence-electron chi connectivity index (χ4n) is 3.24. The molecule has 2 unspecified atom stereocenters. The Hall–Kier alpha value is -2.01.